The lowest BCUT2D eigenvalue weighted by Crippen LogP contribution is -2.31. The molecule has 1 heterocycles. The molecule has 1 atom stereocenters. The van der Waals surface area contributed by atoms with Gasteiger partial charge in [0.15, 0.2) is 6.20 Å². The van der Waals surface area contributed by atoms with Gasteiger partial charge in [0.05, 0.1) is 12.4 Å². The molecular formula is C14H15NO3S. The van der Waals surface area contributed by atoms with Crippen LogP contribution >= 0.6 is 0 Å². The van der Waals surface area contributed by atoms with Gasteiger partial charge in [-0.1, -0.05) is 18.2 Å². The Morgan fingerprint density at radius 3 is 2.68 bits per heavy atom. The number of pyridine rings is 1. The third-order valence-corrected chi connectivity index (χ3v) is 3.94. The summed E-state index contributed by atoms with van der Waals surface area (Å²) in [5.41, 5.74) is 0.839. The number of benzene rings is 1. The monoisotopic (exact) mass is 277 g/mol. The first kappa shape index (κ1) is 13.5. The van der Waals surface area contributed by atoms with E-state index in [0.717, 1.165) is 5.56 Å². The minimum Gasteiger partial charge on any atom is -0.618 e. The number of para-hydroxylation sites is 1. The molecule has 0 spiro atoms. The van der Waals surface area contributed by atoms with Crippen molar-refractivity contribution in [3.8, 4) is 5.75 Å². The van der Waals surface area contributed by atoms with E-state index >= 15 is 0 Å². The summed E-state index contributed by atoms with van der Waals surface area (Å²) in [6.07, 6.45) is 1.35. The van der Waals surface area contributed by atoms with Gasteiger partial charge >= 0.3 is 0 Å². The molecule has 4 nitrogen and oxygen atoms in total. The van der Waals surface area contributed by atoms with Crippen LogP contribution in [-0.2, 0) is 16.6 Å². The molecule has 0 amide bonds. The standard InChI is InChI=1S/C14H15NO3S/c1-2-18-13-8-4-3-7-12(13)11-19(17)14-9-5-6-10-15(14)16/h3-10H,2,11H2,1H3. The van der Waals surface area contributed by atoms with Gasteiger partial charge in [-0.05, 0) is 19.1 Å². The fraction of sp³-hybridized carbons (Fsp3) is 0.214. The summed E-state index contributed by atoms with van der Waals surface area (Å²) in [4.78, 5) is 0. The highest BCUT2D eigenvalue weighted by atomic mass is 32.2. The van der Waals surface area contributed by atoms with Crippen molar-refractivity contribution in [3.05, 3.63) is 59.4 Å². The third kappa shape index (κ3) is 3.32. The molecule has 0 aliphatic rings. The Kier molecular flexibility index (Phi) is 4.52. The Morgan fingerprint density at radius 1 is 1.21 bits per heavy atom. The molecule has 0 N–H and O–H groups in total. The predicted octanol–water partition coefficient (Wildman–Crippen LogP) is 2.03. The van der Waals surface area contributed by atoms with Gasteiger partial charge in [-0.15, -0.1) is 0 Å². The topological polar surface area (TPSA) is 53.2 Å². The van der Waals surface area contributed by atoms with Gasteiger partial charge < -0.3 is 9.94 Å². The average Bonchev–Trinajstić information content (AvgIpc) is 2.41. The average molecular weight is 277 g/mol. The maximum atomic E-state index is 12.2. The zero-order valence-corrected chi connectivity index (χ0v) is 11.4. The molecule has 0 aliphatic carbocycles. The number of hydrogen-bond donors (Lipinski definition) is 0. The Morgan fingerprint density at radius 2 is 1.95 bits per heavy atom. The summed E-state index contributed by atoms with van der Waals surface area (Å²) in [5, 5.41) is 11.8. The lowest BCUT2D eigenvalue weighted by molar-refractivity contribution is -0.646. The van der Waals surface area contributed by atoms with E-state index in [1.54, 1.807) is 18.2 Å². The molecule has 1 aromatic carbocycles. The van der Waals surface area contributed by atoms with E-state index in [2.05, 4.69) is 0 Å². The van der Waals surface area contributed by atoms with E-state index in [1.807, 2.05) is 31.2 Å². The smallest absolute Gasteiger partial charge is 0.281 e. The fourth-order valence-electron chi connectivity index (χ4n) is 1.72. The van der Waals surface area contributed by atoms with Crippen molar-refractivity contribution in [2.24, 2.45) is 0 Å². The number of rotatable bonds is 5. The van der Waals surface area contributed by atoms with Crippen molar-refractivity contribution in [2.75, 3.05) is 6.61 Å². The summed E-state index contributed by atoms with van der Waals surface area (Å²) in [5.74, 6) is 0.981. The fourth-order valence-corrected chi connectivity index (χ4v) is 2.88. The van der Waals surface area contributed by atoms with Gasteiger partial charge in [0.1, 0.15) is 16.5 Å². The highest BCUT2D eigenvalue weighted by Crippen LogP contribution is 2.20. The summed E-state index contributed by atoms with van der Waals surface area (Å²) < 4.78 is 18.3. The summed E-state index contributed by atoms with van der Waals surface area (Å²) in [6, 6.07) is 12.3. The van der Waals surface area contributed by atoms with E-state index in [0.29, 0.717) is 17.1 Å². The van der Waals surface area contributed by atoms with Gasteiger partial charge in [0.25, 0.3) is 5.03 Å². The van der Waals surface area contributed by atoms with Crippen molar-refractivity contribution in [1.82, 2.24) is 0 Å². The van der Waals surface area contributed by atoms with Crippen molar-refractivity contribution in [2.45, 2.75) is 17.7 Å². The second-order valence-corrected chi connectivity index (χ2v) is 5.29. The second-order valence-electron chi connectivity index (χ2n) is 3.90. The zero-order chi connectivity index (χ0) is 13.7. The minimum atomic E-state index is -1.39. The van der Waals surface area contributed by atoms with Crippen LogP contribution in [0.4, 0.5) is 0 Å². The summed E-state index contributed by atoms with van der Waals surface area (Å²) in [7, 11) is -1.39. The van der Waals surface area contributed by atoms with E-state index in [-0.39, 0.29) is 10.8 Å². The molecule has 100 valence electrons. The van der Waals surface area contributed by atoms with Crippen LogP contribution in [0.1, 0.15) is 12.5 Å². The molecule has 1 unspecified atom stereocenters. The molecular weight excluding hydrogens is 262 g/mol. The molecule has 0 saturated heterocycles. The molecule has 1 aromatic heterocycles. The number of ether oxygens (including phenoxy) is 1. The van der Waals surface area contributed by atoms with Crippen molar-refractivity contribution >= 4 is 10.8 Å². The van der Waals surface area contributed by atoms with Gasteiger partial charge in [-0.3, -0.25) is 0 Å². The Bertz CT molecular complexity index is 586. The van der Waals surface area contributed by atoms with Gasteiger partial charge in [-0.25, -0.2) is 4.21 Å². The van der Waals surface area contributed by atoms with E-state index in [4.69, 9.17) is 4.74 Å². The predicted molar refractivity (Wildman–Crippen MR) is 73.1 cm³/mol. The Balaban J connectivity index is 2.22. The lowest BCUT2D eigenvalue weighted by atomic mass is 10.2. The van der Waals surface area contributed by atoms with Crippen LogP contribution in [0.5, 0.6) is 5.75 Å². The van der Waals surface area contributed by atoms with Gasteiger partial charge in [-0.2, -0.15) is 4.73 Å². The van der Waals surface area contributed by atoms with Crippen LogP contribution in [0.2, 0.25) is 0 Å². The van der Waals surface area contributed by atoms with Crippen LogP contribution in [0.15, 0.2) is 53.7 Å². The molecule has 5 heteroatoms. The maximum absolute atomic E-state index is 12.2. The van der Waals surface area contributed by atoms with E-state index < -0.39 is 10.8 Å². The van der Waals surface area contributed by atoms with Crippen LogP contribution in [0.3, 0.4) is 0 Å². The Hall–Kier alpha value is -1.88. The SMILES string of the molecule is CCOc1ccccc1CS(=O)c1cccc[n+]1[O-]. The molecule has 19 heavy (non-hydrogen) atoms. The number of nitrogens with zero attached hydrogens (tertiary/aromatic N) is 1. The zero-order valence-electron chi connectivity index (χ0n) is 10.6. The lowest BCUT2D eigenvalue weighted by Gasteiger charge is -2.09. The van der Waals surface area contributed by atoms with Gasteiger partial charge in [0, 0.05) is 17.7 Å². The highest BCUT2D eigenvalue weighted by molar-refractivity contribution is 7.84. The molecule has 0 aliphatic heterocycles. The molecule has 0 radical (unpaired) electrons. The van der Waals surface area contributed by atoms with E-state index in [9.17, 15) is 9.42 Å². The second kappa shape index (κ2) is 6.33. The normalized spacial score (nSPS) is 12.1. The Labute approximate surface area is 114 Å². The van der Waals surface area contributed by atoms with E-state index in [1.165, 1.54) is 6.20 Å². The van der Waals surface area contributed by atoms with Crippen LogP contribution in [0.25, 0.3) is 0 Å². The maximum Gasteiger partial charge on any atom is 0.281 e. The quantitative estimate of drug-likeness (QED) is 0.620. The molecule has 0 saturated carbocycles. The van der Waals surface area contributed by atoms with Crippen molar-refractivity contribution in [1.29, 1.82) is 0 Å². The minimum absolute atomic E-state index is 0.258. The van der Waals surface area contributed by atoms with Crippen LogP contribution in [0, 0.1) is 5.21 Å². The number of aromatic nitrogens is 1. The highest BCUT2D eigenvalue weighted by Gasteiger charge is 2.15. The van der Waals surface area contributed by atoms with Crippen LogP contribution in [-0.4, -0.2) is 10.8 Å². The first-order chi connectivity index (χ1) is 9.22. The number of hydrogen-bond acceptors (Lipinski definition) is 3. The van der Waals surface area contributed by atoms with Gasteiger partial charge in [0.2, 0.25) is 0 Å². The molecule has 0 bridgehead atoms. The molecule has 2 aromatic rings. The first-order valence-electron chi connectivity index (χ1n) is 5.99. The van der Waals surface area contributed by atoms with Crippen LogP contribution < -0.4 is 9.47 Å². The third-order valence-electron chi connectivity index (χ3n) is 2.58. The molecule has 2 rings (SSSR count). The summed E-state index contributed by atoms with van der Waals surface area (Å²) in [6.45, 7) is 2.45. The first-order valence-corrected chi connectivity index (χ1v) is 7.31. The summed E-state index contributed by atoms with van der Waals surface area (Å²) >= 11 is 0. The molecule has 0 fully saturated rings. The van der Waals surface area contributed by atoms with Crippen molar-refractivity contribution in [3.63, 3.8) is 0 Å². The largest absolute Gasteiger partial charge is 0.618 e. The van der Waals surface area contributed by atoms with Crippen molar-refractivity contribution < 1.29 is 13.7 Å².